The molecule has 11 nitrogen and oxygen atoms in total. The topological polar surface area (TPSA) is 170 Å². The Morgan fingerprint density at radius 2 is 1.83 bits per heavy atom. The van der Waals surface area contributed by atoms with Crippen LogP contribution in [0.1, 0.15) is 37.3 Å². The third-order valence-corrected chi connectivity index (χ3v) is 6.17. The van der Waals surface area contributed by atoms with Gasteiger partial charge in [0, 0.05) is 19.2 Å². The second kappa shape index (κ2) is 12.0. The summed E-state index contributed by atoms with van der Waals surface area (Å²) in [6.07, 6.45) is 0. The molecule has 190 valence electrons. The van der Waals surface area contributed by atoms with Crippen molar-refractivity contribution in [3.8, 4) is 11.5 Å². The molecule has 0 aliphatic carbocycles. The highest BCUT2D eigenvalue weighted by Gasteiger charge is 2.35. The van der Waals surface area contributed by atoms with Gasteiger partial charge >= 0.3 is 0 Å². The molecule has 3 aromatic rings. The van der Waals surface area contributed by atoms with Gasteiger partial charge in [-0.15, -0.1) is 0 Å². The molecule has 1 aromatic heterocycles. The number of phenols is 1. The number of nitrogen functional groups attached to an aromatic ring is 1. The van der Waals surface area contributed by atoms with Crippen LogP contribution in [0.5, 0.6) is 11.5 Å². The molecule has 1 heterocycles. The van der Waals surface area contributed by atoms with Crippen LogP contribution in [-0.4, -0.2) is 59.5 Å². The van der Waals surface area contributed by atoms with Gasteiger partial charge in [-0.2, -0.15) is 4.37 Å². The van der Waals surface area contributed by atoms with Crippen LogP contribution in [0.2, 0.25) is 0 Å². The Hall–Kier alpha value is -4.16. The number of aromatic nitrogens is 1. The smallest absolute Gasteiger partial charge is 0.270 e. The second-order valence-corrected chi connectivity index (χ2v) is 8.43. The second-order valence-electron chi connectivity index (χ2n) is 7.66. The fourth-order valence-electron chi connectivity index (χ4n) is 3.56. The molecule has 0 bridgehead atoms. The molecule has 36 heavy (non-hydrogen) atoms. The number of methoxy groups -OCH3 is 2. The minimum Gasteiger partial charge on any atom is -0.508 e. The van der Waals surface area contributed by atoms with Crippen molar-refractivity contribution in [1.29, 1.82) is 0 Å². The molecule has 0 spiro atoms. The maximum absolute atomic E-state index is 13.9. The van der Waals surface area contributed by atoms with E-state index in [1.165, 1.54) is 31.3 Å². The van der Waals surface area contributed by atoms with E-state index in [9.17, 15) is 19.5 Å². The Bertz CT molecular complexity index is 1230. The van der Waals surface area contributed by atoms with Crippen molar-refractivity contribution in [3.05, 3.63) is 70.2 Å². The van der Waals surface area contributed by atoms with Gasteiger partial charge in [0.05, 0.1) is 25.9 Å². The van der Waals surface area contributed by atoms with Gasteiger partial charge in [0.15, 0.2) is 5.69 Å². The van der Waals surface area contributed by atoms with Crippen LogP contribution in [0, 0.1) is 0 Å². The Kier molecular flexibility index (Phi) is 8.81. The zero-order valence-corrected chi connectivity index (χ0v) is 20.6. The van der Waals surface area contributed by atoms with E-state index in [2.05, 4.69) is 9.69 Å². The number of anilines is 1. The van der Waals surface area contributed by atoms with Crippen molar-refractivity contribution in [2.75, 3.05) is 33.1 Å². The van der Waals surface area contributed by atoms with E-state index in [0.29, 0.717) is 16.9 Å². The molecule has 0 aliphatic heterocycles. The number of amides is 3. The number of rotatable bonds is 11. The Balaban J connectivity index is 2.14. The molecule has 0 aliphatic rings. The highest BCUT2D eigenvalue weighted by molar-refractivity contribution is 7.09. The Morgan fingerprint density at radius 3 is 2.44 bits per heavy atom. The standard InChI is InChI=1S/C24H27N5O6S/c1-34-12-11-27-23(32)20(14-7-9-16(30)10-8-14)29(13-15-5-3-4-6-17(15)35-2)24(33)21-18(25)19(22(26)31)28-36-21/h3-10,20,30H,11-13,25H2,1-2H3,(H2,26,31)(H,27,32)/t20-/m1/s1. The lowest BCUT2D eigenvalue weighted by molar-refractivity contribution is -0.126. The summed E-state index contributed by atoms with van der Waals surface area (Å²) < 4.78 is 14.4. The van der Waals surface area contributed by atoms with Crippen molar-refractivity contribution in [2.24, 2.45) is 5.73 Å². The molecule has 3 rings (SSSR count). The first-order valence-corrected chi connectivity index (χ1v) is 11.6. The quantitative estimate of drug-likeness (QED) is 0.281. The number of hydrogen-bond acceptors (Lipinski definition) is 9. The normalized spacial score (nSPS) is 11.5. The van der Waals surface area contributed by atoms with Crippen LogP contribution < -0.4 is 21.5 Å². The number of nitrogens with one attached hydrogen (secondary N) is 1. The minimum absolute atomic E-state index is 0.00213. The van der Waals surface area contributed by atoms with E-state index in [4.69, 9.17) is 20.9 Å². The van der Waals surface area contributed by atoms with Crippen LogP contribution in [0.4, 0.5) is 5.69 Å². The summed E-state index contributed by atoms with van der Waals surface area (Å²) in [6.45, 7) is 0.419. The van der Waals surface area contributed by atoms with Crippen molar-refractivity contribution in [2.45, 2.75) is 12.6 Å². The highest BCUT2D eigenvalue weighted by atomic mass is 32.1. The average molecular weight is 514 g/mol. The molecule has 1 atom stereocenters. The first kappa shape index (κ1) is 26.4. The number of benzene rings is 2. The van der Waals surface area contributed by atoms with Gasteiger partial charge < -0.3 is 36.3 Å². The van der Waals surface area contributed by atoms with Crippen molar-refractivity contribution >= 4 is 34.9 Å². The number of ether oxygens (including phenoxy) is 2. The molecule has 0 saturated carbocycles. The monoisotopic (exact) mass is 513 g/mol. The summed E-state index contributed by atoms with van der Waals surface area (Å²) in [5.74, 6) is -1.48. The van der Waals surface area contributed by atoms with Crippen LogP contribution in [-0.2, 0) is 16.1 Å². The first-order chi connectivity index (χ1) is 17.3. The molecular weight excluding hydrogens is 486 g/mol. The van der Waals surface area contributed by atoms with Crippen LogP contribution in [0.15, 0.2) is 48.5 Å². The van der Waals surface area contributed by atoms with Gasteiger partial charge in [0.2, 0.25) is 5.91 Å². The summed E-state index contributed by atoms with van der Waals surface area (Å²) in [4.78, 5) is 40.3. The van der Waals surface area contributed by atoms with E-state index in [1.807, 2.05) is 0 Å². The number of primary amides is 1. The van der Waals surface area contributed by atoms with Gasteiger partial charge in [-0.25, -0.2) is 0 Å². The van der Waals surface area contributed by atoms with Gasteiger partial charge in [-0.3, -0.25) is 14.4 Å². The van der Waals surface area contributed by atoms with Crippen molar-refractivity contribution in [1.82, 2.24) is 14.6 Å². The summed E-state index contributed by atoms with van der Waals surface area (Å²) in [6, 6.07) is 11.8. The van der Waals surface area contributed by atoms with E-state index in [1.54, 1.807) is 36.4 Å². The number of hydrogen-bond donors (Lipinski definition) is 4. The SMILES string of the molecule is COCCNC(=O)[C@@H](c1ccc(O)cc1)N(Cc1ccccc1OC)C(=O)c1snc(C(N)=O)c1N. The van der Waals surface area contributed by atoms with E-state index in [-0.39, 0.29) is 41.7 Å². The lowest BCUT2D eigenvalue weighted by Gasteiger charge is -2.31. The molecular formula is C24H27N5O6S. The summed E-state index contributed by atoms with van der Waals surface area (Å²) in [7, 11) is 3.00. The van der Waals surface area contributed by atoms with Crippen molar-refractivity contribution < 1.29 is 29.0 Å². The first-order valence-electron chi connectivity index (χ1n) is 10.8. The third-order valence-electron chi connectivity index (χ3n) is 5.32. The van der Waals surface area contributed by atoms with Gasteiger partial charge in [-0.1, -0.05) is 30.3 Å². The predicted octanol–water partition coefficient (Wildman–Crippen LogP) is 1.68. The summed E-state index contributed by atoms with van der Waals surface area (Å²) in [5.41, 5.74) is 12.1. The molecule has 0 unspecified atom stereocenters. The predicted molar refractivity (Wildman–Crippen MR) is 134 cm³/mol. The third kappa shape index (κ3) is 5.90. The zero-order valence-electron chi connectivity index (χ0n) is 19.8. The lowest BCUT2D eigenvalue weighted by Crippen LogP contribution is -2.44. The van der Waals surface area contributed by atoms with Gasteiger partial charge in [0.1, 0.15) is 22.4 Å². The van der Waals surface area contributed by atoms with E-state index < -0.39 is 23.8 Å². The van der Waals surface area contributed by atoms with Crippen LogP contribution in [0.3, 0.4) is 0 Å². The van der Waals surface area contributed by atoms with Gasteiger partial charge in [0.25, 0.3) is 11.8 Å². The number of nitrogens with zero attached hydrogens (tertiary/aromatic N) is 2. The number of phenolic OH excluding ortho intramolecular Hbond substituents is 1. The zero-order chi connectivity index (χ0) is 26.2. The number of nitrogens with two attached hydrogens (primary N) is 2. The molecule has 0 saturated heterocycles. The molecule has 12 heteroatoms. The van der Waals surface area contributed by atoms with Gasteiger partial charge in [-0.05, 0) is 35.3 Å². The summed E-state index contributed by atoms with van der Waals surface area (Å²) >= 11 is 0.720. The molecule has 0 fully saturated rings. The summed E-state index contributed by atoms with van der Waals surface area (Å²) in [5, 5.41) is 12.6. The van der Waals surface area contributed by atoms with Crippen LogP contribution >= 0.6 is 11.5 Å². The number of aromatic hydroxyl groups is 1. The fraction of sp³-hybridized carbons (Fsp3) is 0.250. The minimum atomic E-state index is -1.14. The highest BCUT2D eigenvalue weighted by Crippen LogP contribution is 2.32. The van der Waals surface area contributed by atoms with E-state index >= 15 is 0 Å². The van der Waals surface area contributed by atoms with Crippen LogP contribution in [0.25, 0.3) is 0 Å². The largest absolute Gasteiger partial charge is 0.508 e. The molecule has 3 amide bonds. The van der Waals surface area contributed by atoms with Crippen molar-refractivity contribution in [3.63, 3.8) is 0 Å². The van der Waals surface area contributed by atoms with E-state index in [0.717, 1.165) is 11.5 Å². The molecule has 2 aromatic carbocycles. The number of carbonyl (C=O) groups is 3. The maximum Gasteiger partial charge on any atom is 0.270 e. The Morgan fingerprint density at radius 1 is 1.14 bits per heavy atom. The Labute approximate surface area is 211 Å². The average Bonchev–Trinajstić information content (AvgIpc) is 3.26. The number of para-hydroxylation sites is 1. The number of carbonyl (C=O) groups excluding carboxylic acids is 3. The molecule has 0 radical (unpaired) electrons. The maximum atomic E-state index is 13.9. The molecule has 6 N–H and O–H groups in total. The lowest BCUT2D eigenvalue weighted by atomic mass is 10.0. The fourth-order valence-corrected chi connectivity index (χ4v) is 4.32.